The zero-order chi connectivity index (χ0) is 24.2. The molecule has 1 unspecified atom stereocenters. The van der Waals surface area contributed by atoms with Crippen molar-refractivity contribution in [3.63, 3.8) is 0 Å². The van der Waals surface area contributed by atoms with Crippen molar-refractivity contribution in [3.8, 4) is 0 Å². The second-order valence-corrected chi connectivity index (χ2v) is 9.81. The molecule has 34 heavy (non-hydrogen) atoms. The predicted octanol–water partition coefficient (Wildman–Crippen LogP) is 5.40. The highest BCUT2D eigenvalue weighted by atomic mass is 32.2. The summed E-state index contributed by atoms with van der Waals surface area (Å²) in [6.45, 7) is 6.91. The number of nitrogens with one attached hydrogen (secondary N) is 1. The Morgan fingerprint density at radius 2 is 2.03 bits per heavy atom. The third kappa shape index (κ3) is 5.17. The number of carbonyl (C=O) groups is 2. The molecule has 0 spiro atoms. The molecule has 0 aromatic heterocycles. The van der Waals surface area contributed by atoms with Gasteiger partial charge in [-0.15, -0.1) is 0 Å². The smallest absolute Gasteiger partial charge is 0.338 e. The van der Waals surface area contributed by atoms with E-state index in [2.05, 4.69) is 10.2 Å². The van der Waals surface area contributed by atoms with Crippen molar-refractivity contribution >= 4 is 34.5 Å². The Morgan fingerprint density at radius 1 is 1.24 bits per heavy atom. The van der Waals surface area contributed by atoms with Gasteiger partial charge in [-0.05, 0) is 49.1 Å². The molecule has 8 heteroatoms. The van der Waals surface area contributed by atoms with E-state index in [9.17, 15) is 14.0 Å². The van der Waals surface area contributed by atoms with Gasteiger partial charge in [-0.2, -0.15) is 0 Å². The van der Waals surface area contributed by atoms with Crippen LogP contribution in [0.25, 0.3) is 0 Å². The summed E-state index contributed by atoms with van der Waals surface area (Å²) in [5.41, 5.74) is 2.47. The van der Waals surface area contributed by atoms with Gasteiger partial charge in [0.15, 0.2) is 5.17 Å². The molecule has 0 bridgehead atoms. The van der Waals surface area contributed by atoms with Crippen LogP contribution in [0.3, 0.4) is 0 Å². The van der Waals surface area contributed by atoms with E-state index >= 15 is 0 Å². The molecule has 0 saturated carbocycles. The molecule has 0 aliphatic carbocycles. The number of rotatable bonds is 6. The second kappa shape index (κ2) is 10.4. The molecule has 2 aliphatic rings. The Kier molecular flexibility index (Phi) is 7.36. The monoisotopic (exact) mass is 481 g/mol. The van der Waals surface area contributed by atoms with Gasteiger partial charge in [-0.3, -0.25) is 4.79 Å². The van der Waals surface area contributed by atoms with Crippen molar-refractivity contribution in [1.29, 1.82) is 0 Å². The largest absolute Gasteiger partial charge is 0.462 e. The van der Waals surface area contributed by atoms with Crippen molar-refractivity contribution in [3.05, 3.63) is 76.7 Å². The molecule has 1 fully saturated rings. The van der Waals surface area contributed by atoms with Crippen LogP contribution in [-0.4, -0.2) is 40.8 Å². The van der Waals surface area contributed by atoms with Crippen molar-refractivity contribution in [2.45, 2.75) is 33.2 Å². The van der Waals surface area contributed by atoms with Gasteiger partial charge in [0.2, 0.25) is 0 Å². The van der Waals surface area contributed by atoms with Gasteiger partial charge < -0.3 is 15.0 Å². The maximum Gasteiger partial charge on any atom is 0.338 e. The third-order valence-corrected chi connectivity index (χ3v) is 6.68. The molecule has 0 radical (unpaired) electrons. The van der Waals surface area contributed by atoms with Gasteiger partial charge in [0.25, 0.3) is 5.91 Å². The maximum atomic E-state index is 14.1. The van der Waals surface area contributed by atoms with Crippen molar-refractivity contribution in [2.75, 3.05) is 24.2 Å². The maximum absolute atomic E-state index is 14.1. The second-order valence-electron chi connectivity index (χ2n) is 8.74. The summed E-state index contributed by atoms with van der Waals surface area (Å²) < 4.78 is 19.7. The zero-order valence-electron chi connectivity index (χ0n) is 19.5. The Balaban J connectivity index is 1.67. The molecule has 1 amide bonds. The van der Waals surface area contributed by atoms with Crippen LogP contribution < -0.4 is 5.32 Å². The molecule has 1 N–H and O–H groups in total. The van der Waals surface area contributed by atoms with Crippen molar-refractivity contribution in [2.24, 2.45) is 10.9 Å². The molecule has 6 nitrogen and oxygen atoms in total. The fourth-order valence-corrected chi connectivity index (χ4v) is 5.05. The Bertz CT molecular complexity index is 1160. The fraction of sp³-hybridized carbons (Fsp3) is 0.346. The molecular formula is C26H28FN3O3S. The molecule has 4 rings (SSSR count). The number of amides is 1. The minimum absolute atomic E-state index is 0.0267. The summed E-state index contributed by atoms with van der Waals surface area (Å²) in [6.07, 6.45) is 0.970. The number of nitrogens with zero attached hydrogens (tertiary/aromatic N) is 2. The van der Waals surface area contributed by atoms with E-state index in [1.54, 1.807) is 30.0 Å². The first-order valence-corrected chi connectivity index (χ1v) is 12.4. The highest BCUT2D eigenvalue weighted by Crippen LogP contribution is 2.40. The number of ether oxygens (including phenoxy) is 1. The SMILES string of the molecule is CC1=C(C(=O)OCC(C)C)C(c2cccc(NC(=O)c3ccccc3F)c2)N2CCCSC2=N1. The highest BCUT2D eigenvalue weighted by molar-refractivity contribution is 8.13. The van der Waals surface area contributed by atoms with Crippen LogP contribution in [0.1, 0.15) is 49.2 Å². The summed E-state index contributed by atoms with van der Waals surface area (Å²) >= 11 is 1.67. The lowest BCUT2D eigenvalue weighted by molar-refractivity contribution is -0.140. The standard InChI is InChI=1S/C26H28FN3O3S/c1-16(2)15-33-25(32)22-17(3)28-26-30(12-7-13-34-26)23(22)18-8-6-9-19(14-18)29-24(31)20-10-4-5-11-21(20)27/h4-6,8-11,14,16,23H,7,12-13,15H2,1-3H3,(H,29,31). The Labute approximate surface area is 203 Å². The highest BCUT2D eigenvalue weighted by Gasteiger charge is 2.38. The first-order valence-electron chi connectivity index (χ1n) is 11.4. The fourth-order valence-electron chi connectivity index (χ4n) is 4.03. The average Bonchev–Trinajstić information content (AvgIpc) is 2.82. The number of carbonyl (C=O) groups excluding carboxylic acids is 2. The molecular weight excluding hydrogens is 453 g/mol. The number of halogens is 1. The first-order chi connectivity index (χ1) is 16.3. The topological polar surface area (TPSA) is 71.0 Å². The first kappa shape index (κ1) is 24.0. The van der Waals surface area contributed by atoms with Crippen molar-refractivity contribution < 1.29 is 18.7 Å². The third-order valence-electron chi connectivity index (χ3n) is 5.60. The van der Waals surface area contributed by atoms with E-state index in [0.29, 0.717) is 23.6 Å². The summed E-state index contributed by atoms with van der Waals surface area (Å²) in [5.74, 6) is -0.300. The van der Waals surface area contributed by atoms with Crippen LogP contribution in [0.5, 0.6) is 0 Å². The number of amidine groups is 1. The van der Waals surface area contributed by atoms with Gasteiger partial charge >= 0.3 is 5.97 Å². The summed E-state index contributed by atoms with van der Waals surface area (Å²) in [6, 6.07) is 12.8. The number of esters is 1. The van der Waals surface area contributed by atoms with E-state index in [1.165, 1.54) is 12.1 Å². The van der Waals surface area contributed by atoms with E-state index in [-0.39, 0.29) is 23.5 Å². The number of anilines is 1. The van der Waals surface area contributed by atoms with E-state index in [0.717, 1.165) is 29.4 Å². The Morgan fingerprint density at radius 3 is 2.79 bits per heavy atom. The van der Waals surface area contributed by atoms with Crippen molar-refractivity contribution in [1.82, 2.24) is 4.90 Å². The van der Waals surface area contributed by atoms with Gasteiger partial charge in [0.05, 0.1) is 29.5 Å². The van der Waals surface area contributed by atoms with Crippen LogP contribution in [0.2, 0.25) is 0 Å². The van der Waals surface area contributed by atoms with E-state index < -0.39 is 11.7 Å². The normalized spacial score (nSPS) is 17.9. The zero-order valence-corrected chi connectivity index (χ0v) is 20.3. The molecule has 1 saturated heterocycles. The predicted molar refractivity (Wildman–Crippen MR) is 133 cm³/mol. The molecule has 2 aromatic carbocycles. The lowest BCUT2D eigenvalue weighted by Gasteiger charge is -2.40. The van der Waals surface area contributed by atoms with Crippen LogP contribution >= 0.6 is 11.8 Å². The molecule has 2 heterocycles. The van der Waals surface area contributed by atoms with Crippen LogP contribution in [-0.2, 0) is 9.53 Å². The molecule has 2 aliphatic heterocycles. The van der Waals surface area contributed by atoms with Crippen LogP contribution in [0.4, 0.5) is 10.1 Å². The number of allylic oxidation sites excluding steroid dienone is 1. The van der Waals surface area contributed by atoms with E-state index in [1.807, 2.05) is 39.0 Å². The van der Waals surface area contributed by atoms with Gasteiger partial charge in [0, 0.05) is 18.0 Å². The Hall–Kier alpha value is -3.13. The summed E-state index contributed by atoms with van der Waals surface area (Å²) in [5, 5.41) is 3.67. The molecule has 2 aromatic rings. The quantitative estimate of drug-likeness (QED) is 0.560. The number of aliphatic imine (C=N–C) groups is 1. The van der Waals surface area contributed by atoms with Gasteiger partial charge in [0.1, 0.15) is 5.82 Å². The van der Waals surface area contributed by atoms with Crippen LogP contribution in [0.15, 0.2) is 64.8 Å². The molecule has 178 valence electrons. The number of hydrogen-bond acceptors (Lipinski definition) is 6. The van der Waals surface area contributed by atoms with Gasteiger partial charge in [-0.1, -0.05) is 49.9 Å². The summed E-state index contributed by atoms with van der Waals surface area (Å²) in [4.78, 5) is 32.7. The average molecular weight is 482 g/mol. The number of thioether (sulfide) groups is 1. The van der Waals surface area contributed by atoms with E-state index in [4.69, 9.17) is 9.73 Å². The summed E-state index contributed by atoms with van der Waals surface area (Å²) in [7, 11) is 0. The number of hydrogen-bond donors (Lipinski definition) is 1. The minimum atomic E-state index is -0.580. The number of benzene rings is 2. The lowest BCUT2D eigenvalue weighted by Crippen LogP contribution is -2.42. The minimum Gasteiger partial charge on any atom is -0.462 e. The molecule has 1 atom stereocenters. The van der Waals surface area contributed by atoms with Crippen LogP contribution in [0, 0.1) is 11.7 Å². The lowest BCUT2D eigenvalue weighted by atomic mass is 9.94. The number of fused-ring (bicyclic) bond motifs is 1. The van der Waals surface area contributed by atoms with Gasteiger partial charge in [-0.25, -0.2) is 14.2 Å².